The van der Waals surface area contributed by atoms with E-state index in [1.165, 1.54) is 10.8 Å². The monoisotopic (exact) mass is 354 g/mol. The minimum absolute atomic E-state index is 0.734. The molecule has 0 aliphatic heterocycles. The molecule has 0 fully saturated rings. The van der Waals surface area contributed by atoms with Gasteiger partial charge in [-0.2, -0.15) is 0 Å². The van der Waals surface area contributed by atoms with Gasteiger partial charge in [0.2, 0.25) is 0 Å². The zero-order valence-corrected chi connectivity index (χ0v) is 17.4. The van der Waals surface area contributed by atoms with E-state index in [0.717, 1.165) is 77.6 Å². The highest BCUT2D eigenvalue weighted by molar-refractivity contribution is 6.70. The van der Waals surface area contributed by atoms with Gasteiger partial charge in [-0.15, -0.1) is 0 Å². The Labute approximate surface area is 150 Å². The van der Waals surface area contributed by atoms with Crippen LogP contribution in [0.2, 0.25) is 0 Å². The average Bonchev–Trinajstić information content (AvgIpc) is 3.04. The quantitative estimate of drug-likeness (QED) is 0.268. The second-order valence-corrected chi connectivity index (χ2v) is 9.05. The first-order valence-electron chi connectivity index (χ1n) is 10.0. The lowest BCUT2D eigenvalue weighted by molar-refractivity contribution is 0.0659. The zero-order valence-electron chi connectivity index (χ0n) is 16.4. The minimum atomic E-state index is -2.78. The van der Waals surface area contributed by atoms with Gasteiger partial charge in [-0.3, -0.25) is 0 Å². The summed E-state index contributed by atoms with van der Waals surface area (Å²) in [6.45, 7) is 11.0. The van der Waals surface area contributed by atoms with Crippen LogP contribution in [-0.4, -0.2) is 28.6 Å². The molecule has 0 aromatic rings. The average molecular weight is 355 g/mol. The molecule has 4 heteroatoms. The third-order valence-corrected chi connectivity index (χ3v) is 7.21. The van der Waals surface area contributed by atoms with Crippen LogP contribution >= 0.6 is 0 Å². The Morgan fingerprint density at radius 2 is 1.29 bits per heavy atom. The van der Waals surface area contributed by atoms with E-state index in [9.17, 15) is 0 Å². The Morgan fingerprint density at radius 3 is 1.71 bits per heavy atom. The summed E-state index contributed by atoms with van der Waals surface area (Å²) < 4.78 is 19.2. The molecular formula is C20H38O3Si. The molecule has 0 aromatic heterocycles. The van der Waals surface area contributed by atoms with E-state index in [-0.39, 0.29) is 0 Å². The Balaban J connectivity index is 3.01. The highest BCUT2D eigenvalue weighted by atomic mass is 28.4. The second-order valence-electron chi connectivity index (χ2n) is 6.54. The van der Waals surface area contributed by atoms with Gasteiger partial charge in [-0.1, -0.05) is 71.1 Å². The van der Waals surface area contributed by atoms with Gasteiger partial charge in [0.1, 0.15) is 0 Å². The van der Waals surface area contributed by atoms with Gasteiger partial charge in [0.05, 0.1) is 0 Å². The Morgan fingerprint density at radius 1 is 0.792 bits per heavy atom. The summed E-state index contributed by atoms with van der Waals surface area (Å²) in [5.74, 6) is 0. The van der Waals surface area contributed by atoms with Crippen molar-refractivity contribution < 1.29 is 13.3 Å². The standard InChI is InChI=1S/C20H38O3Si/c1-5-9-16-21-24(22-17-10-6-2,23-18-11-7-3)20-15-12-14-19(20)13-8-4/h12,15H,5-11,13-14,16-18H2,1-4H3. The van der Waals surface area contributed by atoms with Gasteiger partial charge in [0, 0.05) is 25.0 Å². The van der Waals surface area contributed by atoms with Gasteiger partial charge >= 0.3 is 8.80 Å². The van der Waals surface area contributed by atoms with Crippen LogP contribution in [0.15, 0.2) is 22.9 Å². The smallest absolute Gasteiger partial charge is 0.370 e. The maximum absolute atomic E-state index is 6.41. The Bertz CT molecular complexity index is 364. The molecule has 0 heterocycles. The van der Waals surface area contributed by atoms with E-state index in [1.54, 1.807) is 0 Å². The van der Waals surface area contributed by atoms with E-state index in [2.05, 4.69) is 39.8 Å². The molecule has 0 saturated heterocycles. The third kappa shape index (κ3) is 6.83. The lowest BCUT2D eigenvalue weighted by atomic mass is 10.1. The minimum Gasteiger partial charge on any atom is -0.370 e. The molecule has 0 spiro atoms. The fourth-order valence-corrected chi connectivity index (χ4v) is 5.75. The summed E-state index contributed by atoms with van der Waals surface area (Å²) in [4.78, 5) is 0. The van der Waals surface area contributed by atoms with Gasteiger partial charge < -0.3 is 13.3 Å². The molecule has 0 amide bonds. The topological polar surface area (TPSA) is 27.7 Å². The number of hydrogen-bond donors (Lipinski definition) is 0. The van der Waals surface area contributed by atoms with E-state index in [4.69, 9.17) is 13.3 Å². The van der Waals surface area contributed by atoms with Crippen molar-refractivity contribution in [2.24, 2.45) is 0 Å². The lowest BCUT2D eigenvalue weighted by Crippen LogP contribution is -2.49. The van der Waals surface area contributed by atoms with Crippen LogP contribution in [0.1, 0.15) is 85.5 Å². The highest BCUT2D eigenvalue weighted by Crippen LogP contribution is 2.33. The first-order valence-corrected chi connectivity index (χ1v) is 11.8. The third-order valence-electron chi connectivity index (χ3n) is 4.28. The molecule has 0 saturated carbocycles. The summed E-state index contributed by atoms with van der Waals surface area (Å²) in [5, 5.41) is 1.26. The van der Waals surface area contributed by atoms with Gasteiger partial charge in [0.25, 0.3) is 0 Å². The van der Waals surface area contributed by atoms with Crippen molar-refractivity contribution in [3.05, 3.63) is 22.9 Å². The Hall–Kier alpha value is -0.423. The van der Waals surface area contributed by atoms with Crippen molar-refractivity contribution in [1.29, 1.82) is 0 Å². The van der Waals surface area contributed by atoms with Crippen molar-refractivity contribution in [2.45, 2.75) is 85.5 Å². The van der Waals surface area contributed by atoms with Crippen LogP contribution in [0.4, 0.5) is 0 Å². The highest BCUT2D eigenvalue weighted by Gasteiger charge is 2.47. The van der Waals surface area contributed by atoms with Crippen LogP contribution in [0, 0.1) is 0 Å². The molecule has 1 aliphatic carbocycles. The molecule has 0 bridgehead atoms. The maximum atomic E-state index is 6.41. The molecule has 0 aromatic carbocycles. The fourth-order valence-electron chi connectivity index (χ4n) is 2.81. The molecule has 0 radical (unpaired) electrons. The van der Waals surface area contributed by atoms with Crippen molar-refractivity contribution in [2.75, 3.05) is 19.8 Å². The Kier molecular flexibility index (Phi) is 11.6. The maximum Gasteiger partial charge on any atom is 0.537 e. The van der Waals surface area contributed by atoms with Crippen LogP contribution in [0.3, 0.4) is 0 Å². The van der Waals surface area contributed by atoms with Gasteiger partial charge in [-0.25, -0.2) is 0 Å². The van der Waals surface area contributed by atoms with Crippen molar-refractivity contribution in [3.8, 4) is 0 Å². The summed E-state index contributed by atoms with van der Waals surface area (Å²) >= 11 is 0. The second kappa shape index (κ2) is 12.9. The molecule has 24 heavy (non-hydrogen) atoms. The summed E-state index contributed by atoms with van der Waals surface area (Å²) in [5.41, 5.74) is 1.47. The first-order chi connectivity index (χ1) is 11.7. The molecule has 1 rings (SSSR count). The molecule has 0 atom stereocenters. The predicted molar refractivity (Wildman–Crippen MR) is 104 cm³/mol. The zero-order chi connectivity index (χ0) is 17.7. The number of allylic oxidation sites excluding steroid dienone is 4. The summed E-state index contributed by atoms with van der Waals surface area (Å²) in [6.07, 6.45) is 14.3. The van der Waals surface area contributed by atoms with E-state index >= 15 is 0 Å². The van der Waals surface area contributed by atoms with Crippen molar-refractivity contribution in [3.63, 3.8) is 0 Å². The van der Waals surface area contributed by atoms with Gasteiger partial charge in [0.15, 0.2) is 0 Å². The molecule has 1 aliphatic rings. The fraction of sp³-hybridized carbons (Fsp3) is 0.800. The van der Waals surface area contributed by atoms with Crippen molar-refractivity contribution in [1.82, 2.24) is 0 Å². The van der Waals surface area contributed by atoms with Crippen molar-refractivity contribution >= 4 is 8.80 Å². The van der Waals surface area contributed by atoms with Crippen LogP contribution in [0.5, 0.6) is 0 Å². The molecule has 140 valence electrons. The van der Waals surface area contributed by atoms with Crippen LogP contribution in [0.25, 0.3) is 0 Å². The van der Waals surface area contributed by atoms with E-state index < -0.39 is 8.80 Å². The molecular weight excluding hydrogens is 316 g/mol. The van der Waals surface area contributed by atoms with E-state index in [0.29, 0.717) is 0 Å². The number of unbranched alkanes of at least 4 members (excludes halogenated alkanes) is 3. The summed E-state index contributed by atoms with van der Waals surface area (Å²) in [7, 11) is -2.78. The molecule has 0 unspecified atom stereocenters. The SMILES string of the molecule is CCCCO[Si](OCCCC)(OCCCC)C1=C(CCC)CC=C1. The predicted octanol–water partition coefficient (Wildman–Crippen LogP) is 5.97. The number of hydrogen-bond acceptors (Lipinski definition) is 3. The molecule has 3 nitrogen and oxygen atoms in total. The lowest BCUT2D eigenvalue weighted by Gasteiger charge is -2.31. The molecule has 0 N–H and O–H groups in total. The van der Waals surface area contributed by atoms with E-state index in [1.807, 2.05) is 0 Å². The number of rotatable bonds is 15. The normalized spacial score (nSPS) is 14.8. The van der Waals surface area contributed by atoms with Crippen LogP contribution < -0.4 is 0 Å². The largest absolute Gasteiger partial charge is 0.537 e. The van der Waals surface area contributed by atoms with Gasteiger partial charge in [-0.05, 0) is 32.1 Å². The summed E-state index contributed by atoms with van der Waals surface area (Å²) in [6, 6.07) is 0. The first kappa shape index (κ1) is 21.6. The van der Waals surface area contributed by atoms with Crippen LogP contribution in [-0.2, 0) is 13.3 Å².